The summed E-state index contributed by atoms with van der Waals surface area (Å²) in [5.41, 5.74) is 0. The topological polar surface area (TPSA) is 84.5 Å². The fraction of sp³-hybridized carbons (Fsp3) is 0. The zero-order chi connectivity index (χ0) is 15.5. The summed E-state index contributed by atoms with van der Waals surface area (Å²) in [7, 11) is 0. The van der Waals surface area contributed by atoms with E-state index in [-0.39, 0.29) is 0 Å². The van der Waals surface area contributed by atoms with E-state index >= 15 is 0 Å². The molecule has 0 saturated heterocycles. The molecule has 0 spiro atoms. The first kappa shape index (κ1) is 15.9. The van der Waals surface area contributed by atoms with Crippen LogP contribution in [0.3, 0.4) is 0 Å². The predicted octanol–water partition coefficient (Wildman–Crippen LogP) is 3.78. The Labute approximate surface area is 122 Å². The molecule has 0 fully saturated rings. The molecule has 0 bridgehead atoms. The van der Waals surface area contributed by atoms with Crippen LogP contribution in [0.1, 0.15) is 0 Å². The summed E-state index contributed by atoms with van der Waals surface area (Å²) in [4.78, 5) is 0. The van der Waals surface area contributed by atoms with Gasteiger partial charge >= 0.3 is 0 Å². The molecule has 21 heavy (non-hydrogen) atoms. The van der Waals surface area contributed by atoms with E-state index in [1.165, 1.54) is 0 Å². The van der Waals surface area contributed by atoms with E-state index in [4.69, 9.17) is 15.5 Å². The summed E-state index contributed by atoms with van der Waals surface area (Å²) in [5.74, 6) is 0.672. The Morgan fingerprint density at radius 1 is 0.714 bits per heavy atom. The second-order valence-corrected chi connectivity index (χ2v) is 3.93. The van der Waals surface area contributed by atoms with Gasteiger partial charge in [0.05, 0.1) is 0 Å². The molecule has 0 saturated carbocycles. The first-order valence-corrected chi connectivity index (χ1v) is 6.13. The molecule has 3 aromatic rings. The molecule has 0 atom stereocenters. The molecule has 0 aliphatic heterocycles. The zero-order valence-electron chi connectivity index (χ0n) is 11.2. The van der Waals surface area contributed by atoms with E-state index in [0.29, 0.717) is 11.5 Å². The maximum atomic E-state index is 9.37. The van der Waals surface area contributed by atoms with E-state index in [0.717, 1.165) is 17.0 Å². The van der Waals surface area contributed by atoms with Gasteiger partial charge in [0.2, 0.25) is 0 Å². The standard InChI is InChI=1S/C10H8O.C6H6O.CHNO/c11-10-7-3-5-8-4-1-2-6-9(8)10;7-6-4-2-1-3-5-6;2-1-3/h1-7,11H;1-5,7H;3H. The Kier molecular flexibility index (Phi) is 6.67. The number of para-hydroxylation sites is 1. The molecule has 106 valence electrons. The second-order valence-electron chi connectivity index (χ2n) is 3.93. The van der Waals surface area contributed by atoms with Crippen LogP contribution in [0.2, 0.25) is 0 Å². The van der Waals surface area contributed by atoms with Crippen LogP contribution in [-0.2, 0) is 0 Å². The van der Waals surface area contributed by atoms with Crippen molar-refractivity contribution >= 4 is 10.8 Å². The third-order valence-corrected chi connectivity index (χ3v) is 2.52. The number of aromatic hydroxyl groups is 2. The monoisotopic (exact) mass is 281 g/mol. The molecule has 0 unspecified atom stereocenters. The minimum absolute atomic E-state index is 0.322. The van der Waals surface area contributed by atoms with Crippen LogP contribution in [0.5, 0.6) is 11.5 Å². The van der Waals surface area contributed by atoms with Gasteiger partial charge < -0.3 is 15.3 Å². The molecule has 0 aliphatic carbocycles. The summed E-state index contributed by atoms with van der Waals surface area (Å²) in [5, 5.41) is 33.7. The first-order chi connectivity index (χ1) is 10.2. The van der Waals surface area contributed by atoms with Gasteiger partial charge in [-0.2, -0.15) is 5.26 Å². The van der Waals surface area contributed by atoms with E-state index < -0.39 is 0 Å². The number of aliphatic hydroxyl groups is 1. The number of aliphatic hydroxyl groups excluding tert-OH is 1. The van der Waals surface area contributed by atoms with Crippen molar-refractivity contribution in [3.05, 3.63) is 72.8 Å². The number of phenolic OH excluding ortho intramolecular Hbond substituents is 2. The highest BCUT2D eigenvalue weighted by atomic mass is 16.3. The van der Waals surface area contributed by atoms with Crippen molar-refractivity contribution in [2.45, 2.75) is 0 Å². The van der Waals surface area contributed by atoms with Crippen LogP contribution in [0.25, 0.3) is 10.8 Å². The van der Waals surface area contributed by atoms with Crippen molar-refractivity contribution in [1.29, 1.82) is 5.26 Å². The highest BCUT2D eigenvalue weighted by Gasteiger charge is 1.94. The van der Waals surface area contributed by atoms with Crippen LogP contribution in [-0.4, -0.2) is 15.3 Å². The number of rotatable bonds is 0. The molecule has 0 amide bonds. The van der Waals surface area contributed by atoms with E-state index in [2.05, 4.69) is 0 Å². The number of hydrogen-bond acceptors (Lipinski definition) is 4. The summed E-state index contributed by atoms with van der Waals surface area (Å²) < 4.78 is 0. The Bertz CT molecular complexity index is 701. The molecule has 3 N–H and O–H groups in total. The fourth-order valence-electron chi connectivity index (χ4n) is 1.64. The normalized spacial score (nSPS) is 8.52. The van der Waals surface area contributed by atoms with Crippen molar-refractivity contribution in [2.75, 3.05) is 0 Å². The fourth-order valence-corrected chi connectivity index (χ4v) is 1.64. The molecule has 3 rings (SSSR count). The predicted molar refractivity (Wildman–Crippen MR) is 81.3 cm³/mol. The van der Waals surface area contributed by atoms with Gasteiger partial charge in [-0.05, 0) is 23.6 Å². The van der Waals surface area contributed by atoms with Gasteiger partial charge in [0.15, 0.2) is 0 Å². The average molecular weight is 281 g/mol. The Balaban J connectivity index is 0.000000190. The average Bonchev–Trinajstić information content (AvgIpc) is 2.50. The van der Waals surface area contributed by atoms with Crippen molar-refractivity contribution in [2.24, 2.45) is 0 Å². The lowest BCUT2D eigenvalue weighted by atomic mass is 10.1. The zero-order valence-corrected chi connectivity index (χ0v) is 11.2. The van der Waals surface area contributed by atoms with Crippen LogP contribution in [0.4, 0.5) is 0 Å². The number of fused-ring (bicyclic) bond motifs is 1. The van der Waals surface area contributed by atoms with Gasteiger partial charge in [0, 0.05) is 5.39 Å². The largest absolute Gasteiger partial charge is 0.508 e. The lowest BCUT2D eigenvalue weighted by Crippen LogP contribution is -1.70. The smallest absolute Gasteiger partial charge is 0.283 e. The summed E-state index contributed by atoms with van der Waals surface area (Å²) in [6, 6.07) is 22.0. The van der Waals surface area contributed by atoms with Gasteiger partial charge in [0.1, 0.15) is 11.5 Å². The van der Waals surface area contributed by atoms with Gasteiger partial charge in [-0.3, -0.25) is 0 Å². The Morgan fingerprint density at radius 3 is 1.76 bits per heavy atom. The third kappa shape index (κ3) is 5.53. The first-order valence-electron chi connectivity index (χ1n) is 6.13. The van der Waals surface area contributed by atoms with Gasteiger partial charge in [-0.25, -0.2) is 0 Å². The maximum absolute atomic E-state index is 9.37. The van der Waals surface area contributed by atoms with Crippen molar-refractivity contribution in [3.63, 3.8) is 0 Å². The maximum Gasteiger partial charge on any atom is 0.283 e. The third-order valence-electron chi connectivity index (χ3n) is 2.52. The molecule has 0 aliphatic rings. The summed E-state index contributed by atoms with van der Waals surface area (Å²) in [6.45, 7) is 0. The van der Waals surface area contributed by atoms with Gasteiger partial charge in [-0.1, -0.05) is 54.6 Å². The number of nitriles is 1. The molecule has 4 heteroatoms. The van der Waals surface area contributed by atoms with Crippen LogP contribution in [0, 0.1) is 11.5 Å². The van der Waals surface area contributed by atoms with Crippen molar-refractivity contribution in [3.8, 4) is 17.8 Å². The summed E-state index contributed by atoms with van der Waals surface area (Å²) in [6.07, 6.45) is 0.750. The number of benzene rings is 3. The Hall–Kier alpha value is -3.19. The van der Waals surface area contributed by atoms with E-state index in [9.17, 15) is 5.11 Å². The quantitative estimate of drug-likeness (QED) is 0.547. The summed E-state index contributed by atoms with van der Waals surface area (Å²) >= 11 is 0. The minimum atomic E-state index is 0.322. The van der Waals surface area contributed by atoms with Crippen LogP contribution >= 0.6 is 0 Å². The number of hydrogen-bond donors (Lipinski definition) is 3. The van der Waals surface area contributed by atoms with E-state index in [1.54, 1.807) is 30.3 Å². The molecule has 3 aromatic carbocycles. The lowest BCUT2D eigenvalue weighted by molar-refractivity contribution is 0.475. The molecular weight excluding hydrogens is 266 g/mol. The molecule has 0 heterocycles. The van der Waals surface area contributed by atoms with Crippen molar-refractivity contribution in [1.82, 2.24) is 0 Å². The molecule has 0 aromatic heterocycles. The SMILES string of the molecule is N#CO.Oc1cccc2ccccc12.Oc1ccccc1. The number of nitrogens with zero attached hydrogens (tertiary/aromatic N) is 1. The minimum Gasteiger partial charge on any atom is -0.508 e. The second kappa shape index (κ2) is 8.83. The Morgan fingerprint density at radius 2 is 1.24 bits per heavy atom. The number of phenols is 2. The molecule has 0 radical (unpaired) electrons. The lowest BCUT2D eigenvalue weighted by Gasteiger charge is -1.97. The van der Waals surface area contributed by atoms with E-state index in [1.807, 2.05) is 42.5 Å². The van der Waals surface area contributed by atoms with Crippen LogP contribution < -0.4 is 0 Å². The van der Waals surface area contributed by atoms with Gasteiger partial charge in [-0.15, -0.1) is 0 Å². The van der Waals surface area contributed by atoms with Crippen LogP contribution in [0.15, 0.2) is 72.8 Å². The van der Waals surface area contributed by atoms with Crippen molar-refractivity contribution < 1.29 is 15.3 Å². The molecule has 4 nitrogen and oxygen atoms in total. The highest BCUT2D eigenvalue weighted by molar-refractivity contribution is 5.87. The highest BCUT2D eigenvalue weighted by Crippen LogP contribution is 2.22. The molecular formula is C17H15NO3. The van der Waals surface area contributed by atoms with Gasteiger partial charge in [0.25, 0.3) is 6.26 Å².